The molecule has 0 saturated heterocycles. The first-order valence-electron chi connectivity index (χ1n) is 12.5. The van der Waals surface area contributed by atoms with E-state index in [1.807, 2.05) is 23.1 Å². The number of likely N-dealkylation sites (tertiary alicyclic amines) is 1. The van der Waals surface area contributed by atoms with Crippen molar-refractivity contribution in [1.29, 1.82) is 0 Å². The maximum absolute atomic E-state index is 12.9. The third-order valence-corrected chi connectivity index (χ3v) is 7.27. The van der Waals surface area contributed by atoms with Crippen LogP contribution in [-0.4, -0.2) is 56.2 Å². The zero-order chi connectivity index (χ0) is 25.5. The van der Waals surface area contributed by atoms with Crippen molar-refractivity contribution in [3.8, 4) is 11.3 Å². The second-order valence-electron chi connectivity index (χ2n) is 9.49. The van der Waals surface area contributed by atoms with Gasteiger partial charge in [-0.25, -0.2) is 9.97 Å². The van der Waals surface area contributed by atoms with Crippen molar-refractivity contribution in [1.82, 2.24) is 19.4 Å². The zero-order valence-corrected chi connectivity index (χ0v) is 20.3. The summed E-state index contributed by atoms with van der Waals surface area (Å²) in [6.07, 6.45) is 6.48. The molecule has 3 aliphatic rings. The molecule has 0 saturated carbocycles. The van der Waals surface area contributed by atoms with Gasteiger partial charge in [0.1, 0.15) is 23.2 Å². The number of hydrogen-bond acceptors (Lipinski definition) is 7. The van der Waals surface area contributed by atoms with Gasteiger partial charge < -0.3 is 26.3 Å². The largest absolute Gasteiger partial charge is 0.382 e. The van der Waals surface area contributed by atoms with Crippen molar-refractivity contribution in [2.24, 2.45) is 16.5 Å². The number of benzene rings is 1. The molecule has 37 heavy (non-hydrogen) atoms. The van der Waals surface area contributed by atoms with Gasteiger partial charge in [-0.15, -0.1) is 0 Å². The van der Waals surface area contributed by atoms with E-state index < -0.39 is 0 Å². The van der Waals surface area contributed by atoms with E-state index in [1.54, 1.807) is 30.5 Å². The van der Waals surface area contributed by atoms with E-state index in [0.29, 0.717) is 36.0 Å². The highest BCUT2D eigenvalue weighted by Crippen LogP contribution is 2.43. The lowest BCUT2D eigenvalue weighted by molar-refractivity contribution is -0.134. The van der Waals surface area contributed by atoms with Crippen molar-refractivity contribution in [3.05, 3.63) is 77.4 Å². The van der Waals surface area contributed by atoms with Gasteiger partial charge >= 0.3 is 0 Å². The molecule has 4 heterocycles. The lowest BCUT2D eigenvalue weighted by Crippen LogP contribution is -2.46. The van der Waals surface area contributed by atoms with Crippen LogP contribution < -0.4 is 16.8 Å². The lowest BCUT2D eigenvalue weighted by Gasteiger charge is -2.37. The summed E-state index contributed by atoms with van der Waals surface area (Å²) in [5, 5.41) is 2.79. The SMILES string of the molecule is NCC(=O)N1[C@H]2C=C(CC2)C[C@H]1c1nc(-c2ccc(C(=O)Nc3ccccn3)cc2)c2n1CCN=C2N. The molecular weight excluding hydrogens is 468 g/mol. The van der Waals surface area contributed by atoms with Crippen LogP contribution in [0.2, 0.25) is 0 Å². The Morgan fingerprint density at radius 2 is 1.97 bits per heavy atom. The lowest BCUT2D eigenvalue weighted by atomic mass is 10.00. The standard InChI is InChI=1S/C27H28N8O2/c28-15-22(36)35-19-9-4-16(13-19)14-20(35)26-33-23(24-25(29)31-11-12-34(24)26)17-5-7-18(8-6-17)27(37)32-21-3-1-2-10-30-21/h1-3,5-8,10,13,19-20H,4,9,11-12,14-15,28H2,(H2,29,31)(H,30,32,37)/t19-,20+/m1/s1. The highest BCUT2D eigenvalue weighted by molar-refractivity contribution is 6.05. The Hall–Kier alpha value is -4.31. The summed E-state index contributed by atoms with van der Waals surface area (Å²) in [7, 11) is 0. The molecule has 1 aliphatic carbocycles. The number of fused-ring (bicyclic) bond motifs is 2. The molecule has 6 rings (SSSR count). The summed E-state index contributed by atoms with van der Waals surface area (Å²) in [6.45, 7) is 1.15. The first kappa shape index (κ1) is 23.1. The topological polar surface area (TPSA) is 145 Å². The number of rotatable bonds is 5. The number of nitrogens with two attached hydrogens (primary N) is 2. The van der Waals surface area contributed by atoms with Crippen LogP contribution in [0.5, 0.6) is 0 Å². The van der Waals surface area contributed by atoms with E-state index >= 15 is 0 Å². The number of pyridine rings is 1. The summed E-state index contributed by atoms with van der Waals surface area (Å²) >= 11 is 0. The fourth-order valence-electron chi connectivity index (χ4n) is 5.58. The number of aliphatic imine (C=N–C) groups is 1. The van der Waals surface area contributed by atoms with Crippen LogP contribution in [-0.2, 0) is 11.3 Å². The number of anilines is 1. The van der Waals surface area contributed by atoms with Gasteiger partial charge in [-0.3, -0.25) is 14.6 Å². The van der Waals surface area contributed by atoms with Crippen LogP contribution >= 0.6 is 0 Å². The Morgan fingerprint density at radius 1 is 1.14 bits per heavy atom. The predicted octanol–water partition coefficient (Wildman–Crippen LogP) is 2.24. The highest BCUT2D eigenvalue weighted by atomic mass is 16.2. The van der Waals surface area contributed by atoms with Crippen molar-refractivity contribution >= 4 is 23.5 Å². The number of nitrogens with one attached hydrogen (secondary N) is 1. The summed E-state index contributed by atoms with van der Waals surface area (Å²) in [5.74, 6) is 1.39. The smallest absolute Gasteiger partial charge is 0.256 e. The Morgan fingerprint density at radius 3 is 2.73 bits per heavy atom. The summed E-state index contributed by atoms with van der Waals surface area (Å²) in [5.41, 5.74) is 16.3. The highest BCUT2D eigenvalue weighted by Gasteiger charge is 2.41. The van der Waals surface area contributed by atoms with Crippen LogP contribution in [0.4, 0.5) is 5.82 Å². The van der Waals surface area contributed by atoms with Crippen LogP contribution in [0.15, 0.2) is 65.3 Å². The second kappa shape index (κ2) is 9.29. The van der Waals surface area contributed by atoms with Gasteiger partial charge in [0.2, 0.25) is 5.91 Å². The third kappa shape index (κ3) is 4.09. The van der Waals surface area contributed by atoms with Gasteiger partial charge in [0, 0.05) is 23.9 Å². The molecule has 1 aromatic carbocycles. The molecule has 0 radical (unpaired) electrons. The maximum Gasteiger partial charge on any atom is 0.256 e. The number of amides is 2. The van der Waals surface area contributed by atoms with E-state index in [1.165, 1.54) is 5.57 Å². The summed E-state index contributed by atoms with van der Waals surface area (Å²) < 4.78 is 2.10. The average Bonchev–Trinajstić information content (AvgIpc) is 3.50. The first-order chi connectivity index (χ1) is 18.0. The third-order valence-electron chi connectivity index (χ3n) is 7.27. The van der Waals surface area contributed by atoms with E-state index in [4.69, 9.17) is 16.5 Å². The monoisotopic (exact) mass is 496 g/mol. The average molecular weight is 497 g/mol. The van der Waals surface area contributed by atoms with Crippen molar-refractivity contribution < 1.29 is 9.59 Å². The van der Waals surface area contributed by atoms with Crippen molar-refractivity contribution in [3.63, 3.8) is 0 Å². The van der Waals surface area contributed by atoms with Crippen LogP contribution in [0, 0.1) is 0 Å². The Balaban J connectivity index is 1.36. The Bertz CT molecular complexity index is 1420. The van der Waals surface area contributed by atoms with Crippen LogP contribution in [0.1, 0.15) is 47.2 Å². The minimum Gasteiger partial charge on any atom is -0.382 e. The molecule has 10 heteroatoms. The summed E-state index contributed by atoms with van der Waals surface area (Å²) in [6, 6.07) is 12.4. The van der Waals surface area contributed by atoms with Crippen LogP contribution in [0.3, 0.4) is 0 Å². The van der Waals surface area contributed by atoms with E-state index in [-0.39, 0.29) is 30.4 Å². The number of imidazole rings is 1. The second-order valence-corrected chi connectivity index (χ2v) is 9.49. The molecule has 2 bridgehead atoms. The van der Waals surface area contributed by atoms with E-state index in [0.717, 1.165) is 36.3 Å². The van der Waals surface area contributed by atoms with Gasteiger partial charge in [0.15, 0.2) is 0 Å². The molecule has 5 N–H and O–H groups in total. The zero-order valence-electron chi connectivity index (χ0n) is 20.3. The molecule has 188 valence electrons. The van der Waals surface area contributed by atoms with Gasteiger partial charge in [-0.05, 0) is 43.5 Å². The molecule has 2 aromatic heterocycles. The minimum absolute atomic E-state index is 0.0395. The number of hydrogen-bond donors (Lipinski definition) is 3. The van der Waals surface area contributed by atoms with E-state index in [9.17, 15) is 9.59 Å². The normalized spacial score (nSPS) is 20.2. The maximum atomic E-state index is 12.9. The molecule has 2 atom stereocenters. The molecule has 0 unspecified atom stereocenters. The minimum atomic E-state index is -0.249. The van der Waals surface area contributed by atoms with E-state index in [2.05, 4.69) is 25.9 Å². The van der Waals surface area contributed by atoms with Gasteiger partial charge in [0.05, 0.1) is 30.9 Å². The molecule has 0 spiro atoms. The van der Waals surface area contributed by atoms with Crippen molar-refractivity contribution in [2.45, 2.75) is 37.9 Å². The first-order valence-corrected chi connectivity index (χ1v) is 12.5. The quantitative estimate of drug-likeness (QED) is 0.462. The number of carbonyl (C=O) groups excluding carboxylic acids is 2. The number of carbonyl (C=O) groups is 2. The fourth-order valence-corrected chi connectivity index (χ4v) is 5.58. The van der Waals surface area contributed by atoms with Gasteiger partial charge in [-0.2, -0.15) is 0 Å². The molecule has 2 aliphatic heterocycles. The van der Waals surface area contributed by atoms with Crippen molar-refractivity contribution in [2.75, 3.05) is 18.4 Å². The predicted molar refractivity (Wildman–Crippen MR) is 140 cm³/mol. The molecule has 10 nitrogen and oxygen atoms in total. The molecular formula is C27H28N8O2. The number of nitrogens with zero attached hydrogens (tertiary/aromatic N) is 5. The summed E-state index contributed by atoms with van der Waals surface area (Å²) in [4.78, 5) is 41.2. The molecule has 0 fully saturated rings. The number of aromatic nitrogens is 3. The Labute approximate surface area is 214 Å². The fraction of sp³-hybridized carbons (Fsp3) is 0.296. The molecule has 2 amide bonds. The van der Waals surface area contributed by atoms with Gasteiger partial charge in [0.25, 0.3) is 5.91 Å². The Kier molecular flexibility index (Phi) is 5.80. The van der Waals surface area contributed by atoms with Gasteiger partial charge in [-0.1, -0.05) is 29.8 Å². The van der Waals surface area contributed by atoms with Crippen LogP contribution in [0.25, 0.3) is 11.3 Å². The number of amidine groups is 1. The molecule has 3 aromatic rings.